The molecule has 0 unspecified atom stereocenters. The third-order valence-electron chi connectivity index (χ3n) is 3.21. The second kappa shape index (κ2) is 6.06. The van der Waals surface area contributed by atoms with Crippen LogP contribution in [-0.2, 0) is 9.53 Å². The monoisotopic (exact) mass is 263 g/mol. The number of hydrogen-bond donors (Lipinski definition) is 0. The van der Waals surface area contributed by atoms with Gasteiger partial charge >= 0.3 is 0 Å². The van der Waals surface area contributed by atoms with Crippen LogP contribution in [0.15, 0.2) is 24.3 Å². The number of nitrogens with zero attached hydrogens (tertiary/aromatic N) is 1. The molecule has 0 N–H and O–H groups in total. The number of aryl methyl sites for hydroxylation is 1. The Labute approximate surface area is 114 Å². The minimum Gasteiger partial charge on any atom is -0.491 e. The molecule has 4 heteroatoms. The summed E-state index contributed by atoms with van der Waals surface area (Å²) >= 11 is 0. The Balaban J connectivity index is 1.88. The van der Waals surface area contributed by atoms with Crippen LogP contribution in [0.25, 0.3) is 0 Å². The lowest BCUT2D eigenvalue weighted by Gasteiger charge is -2.35. The van der Waals surface area contributed by atoms with Crippen LogP contribution in [0.4, 0.5) is 0 Å². The van der Waals surface area contributed by atoms with Crippen LogP contribution in [0.3, 0.4) is 0 Å². The first-order valence-corrected chi connectivity index (χ1v) is 6.67. The largest absolute Gasteiger partial charge is 0.491 e. The van der Waals surface area contributed by atoms with Crippen LogP contribution >= 0.6 is 0 Å². The molecule has 19 heavy (non-hydrogen) atoms. The van der Waals surface area contributed by atoms with Crippen molar-refractivity contribution in [3.63, 3.8) is 0 Å². The molecule has 1 aromatic carbocycles. The Kier molecular flexibility index (Phi) is 4.43. The van der Waals surface area contributed by atoms with Gasteiger partial charge in [-0.3, -0.25) is 4.79 Å². The van der Waals surface area contributed by atoms with Crippen molar-refractivity contribution in [3.8, 4) is 5.75 Å². The van der Waals surface area contributed by atoms with Gasteiger partial charge in [0.1, 0.15) is 25.1 Å². The maximum Gasteiger partial charge on any atom is 0.248 e. The highest BCUT2D eigenvalue weighted by Crippen LogP contribution is 2.15. The van der Waals surface area contributed by atoms with E-state index < -0.39 is 0 Å². The molecule has 4 nitrogen and oxygen atoms in total. The average Bonchev–Trinajstić information content (AvgIpc) is 2.37. The Morgan fingerprint density at radius 2 is 2.26 bits per heavy atom. The first-order chi connectivity index (χ1) is 9.06. The lowest BCUT2D eigenvalue weighted by Crippen LogP contribution is -2.51. The zero-order valence-corrected chi connectivity index (χ0v) is 11.8. The van der Waals surface area contributed by atoms with Crippen molar-refractivity contribution in [2.75, 3.05) is 19.8 Å². The van der Waals surface area contributed by atoms with Gasteiger partial charge in [-0.05, 0) is 38.5 Å². The van der Waals surface area contributed by atoms with Crippen LogP contribution in [0.1, 0.15) is 19.4 Å². The SMILES string of the molecule is Cc1cccc(OC[C@@H]2CN(C(C)C)C(=O)CO2)c1. The number of morpholine rings is 1. The van der Waals surface area contributed by atoms with Gasteiger partial charge in [-0.1, -0.05) is 12.1 Å². The van der Waals surface area contributed by atoms with Gasteiger partial charge in [0.15, 0.2) is 0 Å². The number of benzene rings is 1. The lowest BCUT2D eigenvalue weighted by atomic mass is 10.2. The Bertz CT molecular complexity index is 445. The van der Waals surface area contributed by atoms with E-state index in [1.807, 2.05) is 49.9 Å². The normalized spacial score (nSPS) is 19.9. The van der Waals surface area contributed by atoms with Gasteiger partial charge in [-0.2, -0.15) is 0 Å². The summed E-state index contributed by atoms with van der Waals surface area (Å²) in [5.41, 5.74) is 1.17. The number of amides is 1. The van der Waals surface area contributed by atoms with Gasteiger partial charge in [0.25, 0.3) is 0 Å². The highest BCUT2D eigenvalue weighted by Gasteiger charge is 2.28. The van der Waals surface area contributed by atoms with Crippen molar-refractivity contribution in [1.29, 1.82) is 0 Å². The van der Waals surface area contributed by atoms with Crippen molar-refractivity contribution in [3.05, 3.63) is 29.8 Å². The highest BCUT2D eigenvalue weighted by atomic mass is 16.5. The summed E-state index contributed by atoms with van der Waals surface area (Å²) in [5, 5.41) is 0. The molecule has 1 atom stereocenters. The molecule has 2 rings (SSSR count). The van der Waals surface area contributed by atoms with Gasteiger partial charge in [0, 0.05) is 6.04 Å². The molecular weight excluding hydrogens is 242 g/mol. The zero-order chi connectivity index (χ0) is 13.8. The van der Waals surface area contributed by atoms with E-state index in [0.717, 1.165) is 5.75 Å². The molecule has 1 amide bonds. The van der Waals surface area contributed by atoms with E-state index in [9.17, 15) is 4.79 Å². The summed E-state index contributed by atoms with van der Waals surface area (Å²) in [6.07, 6.45) is -0.0550. The number of carbonyl (C=O) groups excluding carboxylic acids is 1. The van der Waals surface area contributed by atoms with E-state index in [4.69, 9.17) is 9.47 Å². The van der Waals surface area contributed by atoms with Crippen LogP contribution in [-0.4, -0.2) is 42.7 Å². The molecule has 1 aromatic rings. The van der Waals surface area contributed by atoms with E-state index >= 15 is 0 Å². The highest BCUT2D eigenvalue weighted by molar-refractivity contribution is 5.78. The molecule has 0 aliphatic carbocycles. The maximum absolute atomic E-state index is 11.7. The van der Waals surface area contributed by atoms with Gasteiger partial charge in [-0.25, -0.2) is 0 Å². The summed E-state index contributed by atoms with van der Waals surface area (Å²) < 4.78 is 11.2. The fourth-order valence-electron chi connectivity index (χ4n) is 2.14. The number of rotatable bonds is 4. The Morgan fingerprint density at radius 1 is 1.47 bits per heavy atom. The van der Waals surface area contributed by atoms with Gasteiger partial charge in [0.2, 0.25) is 5.91 Å². The molecule has 0 saturated carbocycles. The average molecular weight is 263 g/mol. The van der Waals surface area contributed by atoms with Crippen LogP contribution in [0, 0.1) is 6.92 Å². The molecular formula is C15H21NO3. The predicted octanol–water partition coefficient (Wildman–Crippen LogP) is 2.01. The minimum atomic E-state index is -0.0550. The molecule has 0 aromatic heterocycles. The molecule has 1 heterocycles. The quantitative estimate of drug-likeness (QED) is 0.834. The van der Waals surface area contributed by atoms with Crippen LogP contribution < -0.4 is 4.74 Å². The van der Waals surface area contributed by atoms with E-state index in [-0.39, 0.29) is 24.7 Å². The standard InChI is InChI=1S/C15H21NO3/c1-11(2)16-8-14(19-10-15(16)17)9-18-13-6-4-5-12(3)7-13/h4-7,11,14H,8-10H2,1-3H3/t14-/m0/s1. The molecule has 104 valence electrons. The summed E-state index contributed by atoms with van der Waals surface area (Å²) in [7, 11) is 0. The number of carbonyl (C=O) groups is 1. The minimum absolute atomic E-state index is 0.0550. The predicted molar refractivity (Wildman–Crippen MR) is 73.3 cm³/mol. The first-order valence-electron chi connectivity index (χ1n) is 6.67. The van der Waals surface area contributed by atoms with Crippen molar-refractivity contribution >= 4 is 5.91 Å². The summed E-state index contributed by atoms with van der Waals surface area (Å²) in [6.45, 7) is 7.29. The Hall–Kier alpha value is -1.55. The summed E-state index contributed by atoms with van der Waals surface area (Å²) in [5.74, 6) is 0.901. The van der Waals surface area contributed by atoms with E-state index in [0.29, 0.717) is 13.2 Å². The maximum atomic E-state index is 11.7. The van der Waals surface area contributed by atoms with Crippen molar-refractivity contribution in [1.82, 2.24) is 4.90 Å². The topological polar surface area (TPSA) is 38.8 Å². The van der Waals surface area contributed by atoms with Crippen LogP contribution in [0.2, 0.25) is 0 Å². The molecule has 1 fully saturated rings. The molecule has 0 spiro atoms. The van der Waals surface area contributed by atoms with Crippen molar-refractivity contribution in [2.24, 2.45) is 0 Å². The van der Waals surface area contributed by atoms with Gasteiger partial charge < -0.3 is 14.4 Å². The lowest BCUT2D eigenvalue weighted by molar-refractivity contribution is -0.153. The van der Waals surface area contributed by atoms with E-state index in [2.05, 4.69) is 0 Å². The third-order valence-corrected chi connectivity index (χ3v) is 3.21. The number of ether oxygens (including phenoxy) is 2. The Morgan fingerprint density at radius 3 is 2.95 bits per heavy atom. The molecule has 1 saturated heterocycles. The second-order valence-electron chi connectivity index (χ2n) is 5.20. The smallest absolute Gasteiger partial charge is 0.248 e. The fraction of sp³-hybridized carbons (Fsp3) is 0.533. The first kappa shape index (κ1) is 13.9. The number of hydrogen-bond acceptors (Lipinski definition) is 3. The summed E-state index contributed by atoms with van der Waals surface area (Å²) in [6, 6.07) is 8.13. The fourth-order valence-corrected chi connectivity index (χ4v) is 2.14. The summed E-state index contributed by atoms with van der Waals surface area (Å²) in [4.78, 5) is 13.5. The van der Waals surface area contributed by atoms with Gasteiger partial charge in [-0.15, -0.1) is 0 Å². The van der Waals surface area contributed by atoms with Crippen LogP contribution in [0.5, 0.6) is 5.75 Å². The van der Waals surface area contributed by atoms with Gasteiger partial charge in [0.05, 0.1) is 6.54 Å². The third kappa shape index (κ3) is 3.70. The molecule has 1 aliphatic heterocycles. The van der Waals surface area contributed by atoms with E-state index in [1.165, 1.54) is 5.56 Å². The van der Waals surface area contributed by atoms with E-state index in [1.54, 1.807) is 0 Å². The second-order valence-corrected chi connectivity index (χ2v) is 5.20. The van der Waals surface area contributed by atoms with Crippen molar-refractivity contribution < 1.29 is 14.3 Å². The molecule has 0 radical (unpaired) electrons. The van der Waals surface area contributed by atoms with Crippen molar-refractivity contribution in [2.45, 2.75) is 32.9 Å². The molecule has 1 aliphatic rings. The zero-order valence-electron chi connectivity index (χ0n) is 11.8. The molecule has 0 bridgehead atoms.